The zero-order chi connectivity index (χ0) is 16.9. The topological polar surface area (TPSA) is 73.9 Å². The molecule has 1 aliphatic rings. The van der Waals surface area contributed by atoms with Crippen LogP contribution in [-0.2, 0) is 13.0 Å². The molecule has 0 aromatic carbocycles. The number of carbonyl (C=O) groups excluding carboxylic acids is 1. The molecule has 0 radical (unpaired) electrons. The van der Waals surface area contributed by atoms with E-state index in [1.54, 1.807) is 11.3 Å². The quantitative estimate of drug-likeness (QED) is 0.869. The van der Waals surface area contributed by atoms with E-state index in [-0.39, 0.29) is 12.1 Å². The molecule has 1 saturated heterocycles. The molecular formula is C17H25N5OS. The summed E-state index contributed by atoms with van der Waals surface area (Å²) in [6.45, 7) is 5.72. The minimum absolute atomic E-state index is 0.000269. The Morgan fingerprint density at radius 3 is 3.08 bits per heavy atom. The van der Waals surface area contributed by atoms with Gasteiger partial charge in [0.2, 0.25) is 0 Å². The van der Waals surface area contributed by atoms with Gasteiger partial charge in [0.1, 0.15) is 0 Å². The number of rotatable bonds is 5. The highest BCUT2D eigenvalue weighted by Gasteiger charge is 2.28. The highest BCUT2D eigenvalue weighted by molar-refractivity contribution is 7.11. The molecule has 3 heterocycles. The van der Waals surface area contributed by atoms with Crippen molar-refractivity contribution in [2.24, 2.45) is 5.92 Å². The largest absolute Gasteiger partial charge is 0.333 e. The van der Waals surface area contributed by atoms with E-state index in [9.17, 15) is 4.79 Å². The van der Waals surface area contributed by atoms with Gasteiger partial charge >= 0.3 is 6.03 Å². The number of carbonyl (C=O) groups is 1. The molecule has 1 atom stereocenters. The molecule has 0 bridgehead atoms. The number of hydrogen-bond acceptors (Lipinski definition) is 4. The lowest BCUT2D eigenvalue weighted by Gasteiger charge is -2.35. The minimum Gasteiger partial charge on any atom is -0.333 e. The van der Waals surface area contributed by atoms with Crippen molar-refractivity contribution in [3.8, 4) is 0 Å². The molecule has 0 spiro atoms. The maximum Gasteiger partial charge on any atom is 0.318 e. The molecule has 1 fully saturated rings. The van der Waals surface area contributed by atoms with Gasteiger partial charge in [0, 0.05) is 35.8 Å². The summed E-state index contributed by atoms with van der Waals surface area (Å²) in [5.41, 5.74) is 1.09. The summed E-state index contributed by atoms with van der Waals surface area (Å²) in [7, 11) is 0. The predicted molar refractivity (Wildman–Crippen MR) is 94.8 cm³/mol. The van der Waals surface area contributed by atoms with Crippen molar-refractivity contribution >= 4 is 17.4 Å². The van der Waals surface area contributed by atoms with Crippen LogP contribution in [0, 0.1) is 5.92 Å². The summed E-state index contributed by atoms with van der Waals surface area (Å²) in [5.74, 6) is 0.600. The monoisotopic (exact) mass is 347 g/mol. The second-order valence-electron chi connectivity index (χ2n) is 6.71. The third kappa shape index (κ3) is 4.14. The second-order valence-corrected chi connectivity index (χ2v) is 7.91. The molecule has 2 aromatic rings. The van der Waals surface area contributed by atoms with Gasteiger partial charge in [-0.05, 0) is 25.2 Å². The summed E-state index contributed by atoms with van der Waals surface area (Å²) in [5, 5.41) is 11.1. The fourth-order valence-corrected chi connectivity index (χ4v) is 4.18. The first-order valence-corrected chi connectivity index (χ1v) is 9.42. The van der Waals surface area contributed by atoms with Gasteiger partial charge in [-0.3, -0.25) is 5.10 Å². The summed E-state index contributed by atoms with van der Waals surface area (Å²) in [6, 6.07) is 0.121. The number of piperidine rings is 1. The lowest BCUT2D eigenvalue weighted by Crippen LogP contribution is -2.44. The Balaban J connectivity index is 1.58. The number of likely N-dealkylation sites (tertiary alicyclic amines) is 1. The van der Waals surface area contributed by atoms with Crippen molar-refractivity contribution in [1.82, 2.24) is 25.4 Å². The zero-order valence-electron chi connectivity index (χ0n) is 14.3. The number of thiazole rings is 1. The molecule has 2 amide bonds. The summed E-state index contributed by atoms with van der Waals surface area (Å²) in [6.07, 6.45) is 9.77. The standard InChI is InChI=1S/C17H25N5OS/c1-12(2)7-16-18-10-14(24-16)11-19-17(23)22-6-4-3-5-15(22)13-8-20-21-9-13/h8-10,12,15H,3-7,11H2,1-2H3,(H,19,23)(H,20,21)/t15-/m0/s1. The Kier molecular flexibility index (Phi) is 5.50. The summed E-state index contributed by atoms with van der Waals surface area (Å²) >= 11 is 1.69. The van der Waals surface area contributed by atoms with Crippen LogP contribution < -0.4 is 5.32 Å². The molecule has 2 aromatic heterocycles. The van der Waals surface area contributed by atoms with Crippen LogP contribution in [0.5, 0.6) is 0 Å². The Morgan fingerprint density at radius 1 is 1.46 bits per heavy atom. The lowest BCUT2D eigenvalue weighted by molar-refractivity contribution is 0.151. The number of H-pyrrole nitrogens is 1. The van der Waals surface area contributed by atoms with Crippen molar-refractivity contribution in [2.45, 2.75) is 52.1 Å². The van der Waals surface area contributed by atoms with E-state index in [1.165, 1.54) is 0 Å². The fourth-order valence-electron chi connectivity index (χ4n) is 3.10. The molecule has 24 heavy (non-hydrogen) atoms. The SMILES string of the molecule is CC(C)Cc1ncc(CNC(=O)N2CCCC[C@H]2c2cn[nH]c2)s1. The van der Waals surface area contributed by atoms with Gasteiger partial charge in [0.05, 0.1) is 23.8 Å². The number of aromatic amines is 1. The highest BCUT2D eigenvalue weighted by Crippen LogP contribution is 2.30. The number of hydrogen-bond donors (Lipinski definition) is 2. The first-order valence-electron chi connectivity index (χ1n) is 8.60. The van der Waals surface area contributed by atoms with Gasteiger partial charge in [-0.15, -0.1) is 11.3 Å². The van der Waals surface area contributed by atoms with Crippen LogP contribution >= 0.6 is 11.3 Å². The van der Waals surface area contributed by atoms with E-state index < -0.39 is 0 Å². The fraction of sp³-hybridized carbons (Fsp3) is 0.588. The maximum absolute atomic E-state index is 12.6. The van der Waals surface area contributed by atoms with E-state index in [0.717, 1.165) is 47.7 Å². The Hall–Kier alpha value is -1.89. The van der Waals surface area contributed by atoms with Crippen molar-refractivity contribution in [1.29, 1.82) is 0 Å². The van der Waals surface area contributed by atoms with E-state index in [0.29, 0.717) is 12.5 Å². The summed E-state index contributed by atoms with van der Waals surface area (Å²) < 4.78 is 0. The molecule has 0 aliphatic carbocycles. The number of aromatic nitrogens is 3. The van der Waals surface area contributed by atoms with Gasteiger partial charge < -0.3 is 10.2 Å². The van der Waals surface area contributed by atoms with Crippen LogP contribution in [0.25, 0.3) is 0 Å². The van der Waals surface area contributed by atoms with Crippen molar-refractivity contribution < 1.29 is 4.79 Å². The van der Waals surface area contributed by atoms with Crippen molar-refractivity contribution in [3.05, 3.63) is 34.0 Å². The minimum atomic E-state index is -0.000269. The van der Waals surface area contributed by atoms with Crippen LogP contribution in [0.1, 0.15) is 54.6 Å². The number of amides is 2. The van der Waals surface area contributed by atoms with Crippen LogP contribution in [0.4, 0.5) is 4.79 Å². The van der Waals surface area contributed by atoms with Gasteiger partial charge in [0.15, 0.2) is 0 Å². The number of urea groups is 1. The molecular weight excluding hydrogens is 322 g/mol. The van der Waals surface area contributed by atoms with E-state index in [4.69, 9.17) is 0 Å². The third-order valence-corrected chi connectivity index (χ3v) is 5.29. The van der Waals surface area contributed by atoms with Crippen LogP contribution in [-0.4, -0.2) is 32.7 Å². The molecule has 0 saturated carbocycles. The molecule has 6 nitrogen and oxygen atoms in total. The molecule has 130 valence electrons. The first-order chi connectivity index (χ1) is 11.6. The molecule has 7 heteroatoms. The Labute approximate surface area is 146 Å². The molecule has 2 N–H and O–H groups in total. The van der Waals surface area contributed by atoms with Gasteiger partial charge in [-0.2, -0.15) is 5.10 Å². The predicted octanol–water partition coefficient (Wildman–Crippen LogP) is 3.50. The van der Waals surface area contributed by atoms with Gasteiger partial charge in [-0.1, -0.05) is 13.8 Å². The normalized spacial score (nSPS) is 18.1. The average Bonchev–Trinajstić information content (AvgIpc) is 3.24. The Bertz CT molecular complexity index is 652. The second kappa shape index (κ2) is 7.79. The Morgan fingerprint density at radius 2 is 2.33 bits per heavy atom. The third-order valence-electron chi connectivity index (χ3n) is 4.27. The van der Waals surface area contributed by atoms with Crippen LogP contribution in [0.2, 0.25) is 0 Å². The van der Waals surface area contributed by atoms with E-state index >= 15 is 0 Å². The van der Waals surface area contributed by atoms with Gasteiger partial charge in [-0.25, -0.2) is 9.78 Å². The summed E-state index contributed by atoms with van der Waals surface area (Å²) in [4.78, 5) is 20.1. The first kappa shape index (κ1) is 17.0. The average molecular weight is 347 g/mol. The van der Waals surface area contributed by atoms with Crippen LogP contribution in [0.15, 0.2) is 18.6 Å². The molecule has 1 aliphatic heterocycles. The zero-order valence-corrected chi connectivity index (χ0v) is 15.1. The van der Waals surface area contributed by atoms with E-state index in [1.807, 2.05) is 23.5 Å². The lowest BCUT2D eigenvalue weighted by atomic mass is 9.98. The molecule has 3 rings (SSSR count). The highest BCUT2D eigenvalue weighted by atomic mass is 32.1. The van der Waals surface area contributed by atoms with Gasteiger partial charge in [0.25, 0.3) is 0 Å². The van der Waals surface area contributed by atoms with Crippen molar-refractivity contribution in [2.75, 3.05) is 6.54 Å². The molecule has 0 unspecified atom stereocenters. The smallest absolute Gasteiger partial charge is 0.318 e. The number of nitrogens with zero attached hydrogens (tertiary/aromatic N) is 3. The van der Waals surface area contributed by atoms with Crippen molar-refractivity contribution in [3.63, 3.8) is 0 Å². The maximum atomic E-state index is 12.6. The van der Waals surface area contributed by atoms with E-state index in [2.05, 4.69) is 34.3 Å². The van der Waals surface area contributed by atoms with Crippen LogP contribution in [0.3, 0.4) is 0 Å². The number of nitrogens with one attached hydrogen (secondary N) is 2.